The lowest BCUT2D eigenvalue weighted by molar-refractivity contribution is -0.139. The fraction of sp³-hybridized carbons (Fsp3) is 0.200. The molecule has 0 aliphatic heterocycles. The van der Waals surface area contributed by atoms with E-state index in [0.717, 1.165) is 27.8 Å². The summed E-state index contributed by atoms with van der Waals surface area (Å²) in [5.41, 5.74) is 5.24. The Morgan fingerprint density at radius 1 is 0.935 bits per heavy atom. The number of hydrogen-bond acceptors (Lipinski definition) is 4. The minimum atomic E-state index is -1.12. The second-order valence-corrected chi connectivity index (χ2v) is 7.41. The van der Waals surface area contributed by atoms with Crippen LogP contribution in [0.1, 0.15) is 22.6 Å². The van der Waals surface area contributed by atoms with Gasteiger partial charge in [-0.2, -0.15) is 0 Å². The molecule has 3 aromatic rings. The number of amides is 1. The maximum absolute atomic E-state index is 12.4. The molecule has 0 fully saturated rings. The third-order valence-electron chi connectivity index (χ3n) is 5.53. The molecule has 1 aliphatic rings. The van der Waals surface area contributed by atoms with E-state index in [2.05, 4.69) is 17.4 Å². The molecule has 1 aliphatic carbocycles. The summed E-state index contributed by atoms with van der Waals surface area (Å²) in [5, 5.41) is 12.0. The van der Waals surface area contributed by atoms with Crippen molar-refractivity contribution < 1.29 is 24.2 Å². The molecule has 6 nitrogen and oxygen atoms in total. The number of rotatable bonds is 7. The van der Waals surface area contributed by atoms with E-state index < -0.39 is 18.1 Å². The normalized spacial score (nSPS) is 13.1. The van der Waals surface area contributed by atoms with Gasteiger partial charge in [-0.05, 0) is 39.9 Å². The number of alkyl carbamates (subject to hydrolysis) is 1. The Bertz CT molecular complexity index is 1050. The van der Waals surface area contributed by atoms with Crippen molar-refractivity contribution in [1.29, 1.82) is 0 Å². The predicted molar refractivity (Wildman–Crippen MR) is 116 cm³/mol. The number of benzene rings is 3. The highest BCUT2D eigenvalue weighted by atomic mass is 16.5. The van der Waals surface area contributed by atoms with E-state index >= 15 is 0 Å². The molecule has 158 valence electrons. The van der Waals surface area contributed by atoms with Crippen molar-refractivity contribution in [2.75, 3.05) is 13.7 Å². The highest BCUT2D eigenvalue weighted by molar-refractivity contribution is 5.81. The van der Waals surface area contributed by atoms with Crippen LogP contribution in [0, 0.1) is 0 Å². The lowest BCUT2D eigenvalue weighted by Crippen LogP contribution is -2.42. The number of nitrogens with one attached hydrogen (secondary N) is 1. The third-order valence-corrected chi connectivity index (χ3v) is 5.53. The second kappa shape index (κ2) is 8.92. The van der Waals surface area contributed by atoms with E-state index in [-0.39, 0.29) is 18.9 Å². The topological polar surface area (TPSA) is 84.9 Å². The van der Waals surface area contributed by atoms with Gasteiger partial charge in [-0.1, -0.05) is 60.7 Å². The Hall–Kier alpha value is -3.80. The van der Waals surface area contributed by atoms with E-state index in [0.29, 0.717) is 5.75 Å². The van der Waals surface area contributed by atoms with Crippen LogP contribution in [0.4, 0.5) is 4.79 Å². The van der Waals surface area contributed by atoms with Gasteiger partial charge in [0, 0.05) is 12.3 Å². The van der Waals surface area contributed by atoms with Gasteiger partial charge >= 0.3 is 12.1 Å². The van der Waals surface area contributed by atoms with Crippen LogP contribution in [0.3, 0.4) is 0 Å². The van der Waals surface area contributed by atoms with Crippen molar-refractivity contribution in [3.05, 3.63) is 89.5 Å². The van der Waals surface area contributed by atoms with E-state index in [1.54, 1.807) is 31.4 Å². The monoisotopic (exact) mass is 417 g/mol. The Morgan fingerprint density at radius 2 is 1.52 bits per heavy atom. The minimum absolute atomic E-state index is 0.0805. The van der Waals surface area contributed by atoms with E-state index in [1.807, 2.05) is 36.4 Å². The van der Waals surface area contributed by atoms with E-state index in [9.17, 15) is 14.7 Å². The predicted octanol–water partition coefficient (Wildman–Crippen LogP) is 4.23. The quantitative estimate of drug-likeness (QED) is 0.601. The van der Waals surface area contributed by atoms with Crippen LogP contribution in [-0.4, -0.2) is 36.9 Å². The zero-order valence-corrected chi connectivity index (χ0v) is 17.1. The molecule has 0 saturated heterocycles. The highest BCUT2D eigenvalue weighted by Crippen LogP contribution is 2.44. The summed E-state index contributed by atoms with van der Waals surface area (Å²) in [5.74, 6) is -0.521. The van der Waals surface area contributed by atoms with Crippen molar-refractivity contribution >= 4 is 12.1 Å². The summed E-state index contributed by atoms with van der Waals surface area (Å²) in [6.07, 6.45) is -0.605. The van der Waals surface area contributed by atoms with Crippen LogP contribution < -0.4 is 10.1 Å². The molecule has 1 atom stereocenters. The molecule has 2 N–H and O–H groups in total. The van der Waals surface area contributed by atoms with Gasteiger partial charge in [-0.3, -0.25) is 0 Å². The molecule has 3 aromatic carbocycles. The number of methoxy groups -OCH3 is 1. The Kier molecular flexibility index (Phi) is 5.89. The number of carboxylic acid groups (broad SMARTS) is 1. The average molecular weight is 417 g/mol. The van der Waals surface area contributed by atoms with Crippen LogP contribution in [0.15, 0.2) is 72.8 Å². The fourth-order valence-corrected chi connectivity index (χ4v) is 3.98. The Morgan fingerprint density at radius 3 is 2.06 bits per heavy atom. The first kappa shape index (κ1) is 20.5. The van der Waals surface area contributed by atoms with Gasteiger partial charge in [0.05, 0.1) is 7.11 Å². The van der Waals surface area contributed by atoms with Crippen molar-refractivity contribution in [3.63, 3.8) is 0 Å². The van der Waals surface area contributed by atoms with Gasteiger partial charge < -0.3 is 19.9 Å². The van der Waals surface area contributed by atoms with Crippen LogP contribution in [0.2, 0.25) is 0 Å². The molecular weight excluding hydrogens is 394 g/mol. The van der Waals surface area contributed by atoms with E-state index in [1.165, 1.54) is 0 Å². The maximum atomic E-state index is 12.4. The standard InChI is InChI=1S/C25H23NO5/c1-30-17-12-10-16(11-13-17)14-23(24(27)28)26-25(29)31-15-22-20-8-4-2-6-18(20)19-7-3-5-9-21(19)22/h2-13,22-23H,14-15H2,1H3,(H,26,29)(H,27,28). The molecule has 4 rings (SSSR count). The third kappa shape index (κ3) is 4.38. The van der Waals surface area contributed by atoms with Crippen LogP contribution >= 0.6 is 0 Å². The van der Waals surface area contributed by atoms with Gasteiger partial charge in [-0.25, -0.2) is 9.59 Å². The molecule has 0 heterocycles. The number of fused-ring (bicyclic) bond motifs is 3. The number of carboxylic acids is 1. The van der Waals surface area contributed by atoms with Gasteiger partial charge in [0.1, 0.15) is 18.4 Å². The number of ether oxygens (including phenoxy) is 2. The summed E-state index contributed by atoms with van der Waals surface area (Å²) in [6, 6.07) is 22.0. The summed E-state index contributed by atoms with van der Waals surface area (Å²) in [7, 11) is 1.56. The van der Waals surface area contributed by atoms with Crippen LogP contribution in [0.25, 0.3) is 11.1 Å². The van der Waals surface area contributed by atoms with Crippen molar-refractivity contribution in [2.24, 2.45) is 0 Å². The largest absolute Gasteiger partial charge is 0.497 e. The number of carbonyl (C=O) groups excluding carboxylic acids is 1. The highest BCUT2D eigenvalue weighted by Gasteiger charge is 2.29. The zero-order valence-electron chi connectivity index (χ0n) is 17.1. The number of hydrogen-bond donors (Lipinski definition) is 2. The minimum Gasteiger partial charge on any atom is -0.497 e. The molecular formula is C25H23NO5. The summed E-state index contributed by atoms with van der Waals surface area (Å²) in [4.78, 5) is 24.1. The molecule has 0 spiro atoms. The lowest BCUT2D eigenvalue weighted by Gasteiger charge is -2.17. The summed E-state index contributed by atoms with van der Waals surface area (Å²) < 4.78 is 10.6. The molecule has 1 unspecified atom stereocenters. The number of aliphatic carboxylic acids is 1. The Balaban J connectivity index is 1.41. The summed E-state index contributed by atoms with van der Waals surface area (Å²) >= 11 is 0. The molecule has 0 saturated carbocycles. The van der Waals surface area contributed by atoms with Crippen molar-refractivity contribution in [1.82, 2.24) is 5.32 Å². The van der Waals surface area contributed by atoms with E-state index in [4.69, 9.17) is 9.47 Å². The van der Waals surface area contributed by atoms with Crippen molar-refractivity contribution in [3.8, 4) is 16.9 Å². The van der Waals surface area contributed by atoms with Crippen LogP contribution in [-0.2, 0) is 16.0 Å². The second-order valence-electron chi connectivity index (χ2n) is 7.41. The fourth-order valence-electron chi connectivity index (χ4n) is 3.98. The van der Waals surface area contributed by atoms with Crippen molar-refractivity contribution in [2.45, 2.75) is 18.4 Å². The lowest BCUT2D eigenvalue weighted by atomic mass is 9.98. The first-order valence-electron chi connectivity index (χ1n) is 10.0. The van der Waals surface area contributed by atoms with Gasteiger partial charge in [0.15, 0.2) is 0 Å². The molecule has 6 heteroatoms. The van der Waals surface area contributed by atoms with Gasteiger partial charge in [0.25, 0.3) is 0 Å². The first-order valence-corrected chi connectivity index (χ1v) is 10.0. The van der Waals surface area contributed by atoms with Crippen LogP contribution in [0.5, 0.6) is 5.75 Å². The smallest absolute Gasteiger partial charge is 0.407 e. The number of carbonyl (C=O) groups is 2. The molecule has 0 aromatic heterocycles. The Labute approximate surface area is 180 Å². The SMILES string of the molecule is COc1ccc(CC(NC(=O)OCC2c3ccccc3-c3ccccc32)C(=O)O)cc1. The molecule has 1 amide bonds. The maximum Gasteiger partial charge on any atom is 0.407 e. The first-order chi connectivity index (χ1) is 15.1. The van der Waals surface area contributed by atoms with Gasteiger partial charge in [0.2, 0.25) is 0 Å². The molecule has 0 radical (unpaired) electrons. The zero-order chi connectivity index (χ0) is 21.8. The van der Waals surface area contributed by atoms with Gasteiger partial charge in [-0.15, -0.1) is 0 Å². The molecule has 0 bridgehead atoms. The average Bonchev–Trinajstić information content (AvgIpc) is 3.11. The molecule has 31 heavy (non-hydrogen) atoms. The summed E-state index contributed by atoms with van der Waals surface area (Å²) in [6.45, 7) is 0.134.